The SMILES string of the molecule is C=C(C)C(=O)OCC/C(C(=O)O)=C(\OC(=O)C(=C)C)C(=O)O. The van der Waals surface area contributed by atoms with Crippen LogP contribution in [0.4, 0.5) is 0 Å². The summed E-state index contributed by atoms with van der Waals surface area (Å²) in [6, 6.07) is 0. The fourth-order valence-electron chi connectivity index (χ4n) is 1.10. The molecule has 0 aliphatic heterocycles. The van der Waals surface area contributed by atoms with E-state index in [-0.39, 0.29) is 11.1 Å². The van der Waals surface area contributed by atoms with Crippen molar-refractivity contribution in [2.24, 2.45) is 0 Å². The predicted molar refractivity (Wildman–Crippen MR) is 73.6 cm³/mol. The molecular formula is C14H16O8. The van der Waals surface area contributed by atoms with Crippen LogP contribution in [0.3, 0.4) is 0 Å². The van der Waals surface area contributed by atoms with Gasteiger partial charge in [-0.15, -0.1) is 0 Å². The van der Waals surface area contributed by atoms with Gasteiger partial charge < -0.3 is 19.7 Å². The van der Waals surface area contributed by atoms with Crippen molar-refractivity contribution in [1.29, 1.82) is 0 Å². The minimum Gasteiger partial charge on any atom is -0.478 e. The highest BCUT2D eigenvalue weighted by atomic mass is 16.6. The van der Waals surface area contributed by atoms with Crippen LogP contribution in [0.5, 0.6) is 0 Å². The third-order valence-electron chi connectivity index (χ3n) is 2.20. The number of ether oxygens (including phenoxy) is 2. The Kier molecular flexibility index (Phi) is 7.29. The van der Waals surface area contributed by atoms with E-state index in [1.807, 2.05) is 0 Å². The molecule has 22 heavy (non-hydrogen) atoms. The number of hydrogen-bond donors (Lipinski definition) is 2. The summed E-state index contributed by atoms with van der Waals surface area (Å²) in [5, 5.41) is 18.0. The quantitative estimate of drug-likeness (QED) is 0.386. The van der Waals surface area contributed by atoms with E-state index in [0.717, 1.165) is 0 Å². The van der Waals surface area contributed by atoms with Gasteiger partial charge in [0.25, 0.3) is 0 Å². The van der Waals surface area contributed by atoms with Crippen molar-refractivity contribution in [2.75, 3.05) is 6.61 Å². The Morgan fingerprint density at radius 2 is 1.41 bits per heavy atom. The zero-order valence-corrected chi connectivity index (χ0v) is 12.2. The van der Waals surface area contributed by atoms with Crippen molar-refractivity contribution in [3.05, 3.63) is 35.6 Å². The third kappa shape index (κ3) is 6.04. The predicted octanol–water partition coefficient (Wildman–Crippen LogP) is 1.04. The van der Waals surface area contributed by atoms with Crippen molar-refractivity contribution < 1.29 is 38.9 Å². The van der Waals surface area contributed by atoms with Crippen molar-refractivity contribution in [1.82, 2.24) is 0 Å². The average molecular weight is 312 g/mol. The lowest BCUT2D eigenvalue weighted by molar-refractivity contribution is -0.146. The van der Waals surface area contributed by atoms with Crippen molar-refractivity contribution in [2.45, 2.75) is 20.3 Å². The second-order valence-electron chi connectivity index (χ2n) is 4.25. The van der Waals surface area contributed by atoms with Crippen LogP contribution >= 0.6 is 0 Å². The Labute approximate surface area is 126 Å². The number of carboxylic acids is 2. The van der Waals surface area contributed by atoms with E-state index < -0.39 is 48.2 Å². The van der Waals surface area contributed by atoms with Gasteiger partial charge in [0.05, 0.1) is 12.2 Å². The number of carboxylic acid groups (broad SMARTS) is 2. The maximum Gasteiger partial charge on any atom is 0.372 e. The Bertz CT molecular complexity index is 567. The molecule has 0 fully saturated rings. The third-order valence-corrected chi connectivity index (χ3v) is 2.20. The van der Waals surface area contributed by atoms with Gasteiger partial charge in [-0.05, 0) is 13.8 Å². The van der Waals surface area contributed by atoms with Crippen LogP contribution in [-0.4, -0.2) is 40.7 Å². The molecule has 0 amide bonds. The summed E-state index contributed by atoms with van der Waals surface area (Å²) < 4.78 is 9.18. The van der Waals surface area contributed by atoms with Gasteiger partial charge in [-0.2, -0.15) is 0 Å². The summed E-state index contributed by atoms with van der Waals surface area (Å²) in [5.74, 6) is -6.22. The second kappa shape index (κ2) is 8.40. The normalized spacial score (nSPS) is 11.0. The molecule has 0 aliphatic rings. The lowest BCUT2D eigenvalue weighted by atomic mass is 10.1. The van der Waals surface area contributed by atoms with E-state index in [0.29, 0.717) is 0 Å². The van der Waals surface area contributed by atoms with Crippen molar-refractivity contribution >= 4 is 23.9 Å². The highest BCUT2D eigenvalue weighted by molar-refractivity contribution is 6.00. The highest BCUT2D eigenvalue weighted by Crippen LogP contribution is 2.14. The zero-order valence-electron chi connectivity index (χ0n) is 12.2. The van der Waals surface area contributed by atoms with Crippen LogP contribution in [0.2, 0.25) is 0 Å². The largest absolute Gasteiger partial charge is 0.478 e. The van der Waals surface area contributed by atoms with Crippen LogP contribution in [0.25, 0.3) is 0 Å². The standard InChI is InChI=1S/C14H16O8/c1-7(2)13(19)21-6-5-9(11(15)16)10(12(17)18)22-14(20)8(3)4/h1,3,5-6H2,2,4H3,(H,15,16)(H,17,18)/b10-9+. The summed E-state index contributed by atoms with van der Waals surface area (Å²) in [4.78, 5) is 44.7. The van der Waals surface area contributed by atoms with Crippen molar-refractivity contribution in [3.63, 3.8) is 0 Å². The van der Waals surface area contributed by atoms with E-state index >= 15 is 0 Å². The lowest BCUT2D eigenvalue weighted by Crippen LogP contribution is -2.19. The molecule has 0 aromatic rings. The van der Waals surface area contributed by atoms with Crippen LogP contribution in [0.1, 0.15) is 20.3 Å². The minimum absolute atomic E-state index is 0.0998. The first-order valence-corrected chi connectivity index (χ1v) is 5.98. The summed E-state index contributed by atoms with van der Waals surface area (Å²) in [6.07, 6.45) is -0.459. The lowest BCUT2D eigenvalue weighted by Gasteiger charge is -2.10. The first-order chi connectivity index (χ1) is 10.1. The molecule has 0 atom stereocenters. The Balaban J connectivity index is 5.26. The summed E-state index contributed by atoms with van der Waals surface area (Å²) in [5.41, 5.74) is -0.707. The van der Waals surface area contributed by atoms with E-state index in [4.69, 9.17) is 10.2 Å². The van der Waals surface area contributed by atoms with Crippen LogP contribution < -0.4 is 0 Å². The molecule has 8 nitrogen and oxygen atoms in total. The monoisotopic (exact) mass is 312 g/mol. The molecule has 0 rings (SSSR count). The van der Waals surface area contributed by atoms with Gasteiger partial charge in [0.2, 0.25) is 5.76 Å². The van der Waals surface area contributed by atoms with Gasteiger partial charge in [0.1, 0.15) is 0 Å². The molecule has 0 aromatic carbocycles. The zero-order chi connectivity index (χ0) is 17.4. The van der Waals surface area contributed by atoms with Crippen molar-refractivity contribution in [3.8, 4) is 0 Å². The highest BCUT2D eigenvalue weighted by Gasteiger charge is 2.25. The number of esters is 2. The summed E-state index contributed by atoms with van der Waals surface area (Å²) in [7, 11) is 0. The van der Waals surface area contributed by atoms with E-state index in [2.05, 4.69) is 22.6 Å². The van der Waals surface area contributed by atoms with Gasteiger partial charge in [0, 0.05) is 17.6 Å². The van der Waals surface area contributed by atoms with Gasteiger partial charge >= 0.3 is 23.9 Å². The van der Waals surface area contributed by atoms with Crippen LogP contribution in [0, 0.1) is 0 Å². The number of carbonyl (C=O) groups is 4. The first kappa shape index (κ1) is 19.1. The number of hydrogen-bond acceptors (Lipinski definition) is 6. The number of aliphatic carboxylic acids is 2. The van der Waals surface area contributed by atoms with Crippen LogP contribution in [0.15, 0.2) is 35.6 Å². The molecule has 0 bridgehead atoms. The second-order valence-corrected chi connectivity index (χ2v) is 4.25. The maximum absolute atomic E-state index is 11.3. The molecule has 0 radical (unpaired) electrons. The van der Waals surface area contributed by atoms with E-state index in [9.17, 15) is 19.2 Å². The topological polar surface area (TPSA) is 127 Å². The molecular weight excluding hydrogens is 296 g/mol. The molecule has 0 spiro atoms. The number of rotatable bonds is 8. The molecule has 2 N–H and O–H groups in total. The fraction of sp³-hybridized carbons (Fsp3) is 0.286. The minimum atomic E-state index is -1.74. The van der Waals surface area contributed by atoms with Gasteiger partial charge in [-0.3, -0.25) is 0 Å². The van der Waals surface area contributed by atoms with Crippen LogP contribution in [-0.2, 0) is 28.7 Å². The van der Waals surface area contributed by atoms with Gasteiger partial charge in [-0.25, -0.2) is 19.2 Å². The molecule has 0 saturated carbocycles. The molecule has 0 aromatic heterocycles. The summed E-state index contributed by atoms with van der Waals surface area (Å²) in [6.45, 7) is 8.86. The summed E-state index contributed by atoms with van der Waals surface area (Å²) >= 11 is 0. The molecule has 120 valence electrons. The molecule has 0 unspecified atom stereocenters. The van der Waals surface area contributed by atoms with Gasteiger partial charge in [-0.1, -0.05) is 13.2 Å². The smallest absolute Gasteiger partial charge is 0.372 e. The molecule has 0 saturated heterocycles. The number of carbonyl (C=O) groups excluding carboxylic acids is 2. The Morgan fingerprint density at radius 1 is 0.909 bits per heavy atom. The van der Waals surface area contributed by atoms with E-state index in [1.54, 1.807) is 0 Å². The van der Waals surface area contributed by atoms with E-state index in [1.165, 1.54) is 13.8 Å². The Morgan fingerprint density at radius 3 is 1.77 bits per heavy atom. The fourth-order valence-corrected chi connectivity index (χ4v) is 1.10. The Hall–Kier alpha value is -2.90. The first-order valence-electron chi connectivity index (χ1n) is 5.98. The average Bonchev–Trinajstić information content (AvgIpc) is 2.39. The maximum atomic E-state index is 11.3. The molecule has 8 heteroatoms. The molecule has 0 heterocycles. The van der Waals surface area contributed by atoms with Gasteiger partial charge in [0.15, 0.2) is 0 Å². The molecule has 0 aliphatic carbocycles.